The van der Waals surface area contributed by atoms with Gasteiger partial charge in [0, 0.05) is 5.46 Å². The molecule has 0 atom stereocenters. The van der Waals surface area contributed by atoms with E-state index >= 15 is 0 Å². The van der Waals surface area contributed by atoms with E-state index in [1.54, 1.807) is 0 Å². The van der Waals surface area contributed by atoms with Gasteiger partial charge in [-0.15, -0.1) is 0 Å². The average molecular weight is 899 g/mol. The fraction of sp³-hybridized carbons (Fsp3) is 0.242. The highest BCUT2D eigenvalue weighted by atomic mass is 16.5. The lowest BCUT2D eigenvalue weighted by molar-refractivity contribution is 0.464. The largest absolute Gasteiger partial charge is 0.458 e. The molecule has 0 bridgehead atoms. The van der Waals surface area contributed by atoms with Gasteiger partial charge in [0.1, 0.15) is 23.0 Å². The second-order valence-electron chi connectivity index (χ2n) is 23.8. The van der Waals surface area contributed by atoms with E-state index in [4.69, 9.17) is 9.47 Å². The van der Waals surface area contributed by atoms with E-state index in [0.29, 0.717) is 0 Å². The molecule has 0 aromatic heterocycles. The lowest BCUT2D eigenvalue weighted by Gasteiger charge is -2.35. The van der Waals surface area contributed by atoms with Gasteiger partial charge >= 0.3 is 0 Å². The van der Waals surface area contributed by atoms with Crippen LogP contribution in [0.4, 0.5) is 0 Å². The zero-order valence-corrected chi connectivity index (χ0v) is 42.5. The molecule has 2 heterocycles. The van der Waals surface area contributed by atoms with Gasteiger partial charge < -0.3 is 9.47 Å². The summed E-state index contributed by atoms with van der Waals surface area (Å²) < 4.78 is 14.2. The quantitative estimate of drug-likeness (QED) is 0.129. The Morgan fingerprint density at radius 2 is 0.652 bits per heavy atom. The first-order chi connectivity index (χ1) is 32.7. The molecule has 0 aliphatic carbocycles. The molecule has 9 aromatic rings. The fourth-order valence-corrected chi connectivity index (χ4v) is 10.7. The van der Waals surface area contributed by atoms with Crippen LogP contribution >= 0.6 is 0 Å². The lowest BCUT2D eigenvalue weighted by Crippen LogP contribution is -2.57. The summed E-state index contributed by atoms with van der Waals surface area (Å²) in [6.07, 6.45) is 0. The molecule has 69 heavy (non-hydrogen) atoms. The van der Waals surface area contributed by atoms with Crippen molar-refractivity contribution in [2.45, 2.75) is 105 Å². The Morgan fingerprint density at radius 3 is 1.07 bits per heavy atom. The lowest BCUT2D eigenvalue weighted by atomic mass is 9.34. The zero-order chi connectivity index (χ0) is 48.4. The number of benzene rings is 9. The molecule has 0 unspecified atom stereocenters. The maximum absolute atomic E-state index is 7.09. The predicted octanol–water partition coefficient (Wildman–Crippen LogP) is 16.6. The van der Waals surface area contributed by atoms with Crippen molar-refractivity contribution in [2.24, 2.45) is 0 Å². The summed E-state index contributed by atoms with van der Waals surface area (Å²) in [4.78, 5) is 0. The Balaban J connectivity index is 1.19. The van der Waals surface area contributed by atoms with Crippen LogP contribution < -0.4 is 25.9 Å². The Morgan fingerprint density at radius 1 is 0.290 bits per heavy atom. The molecule has 2 aliphatic rings. The number of hydrogen-bond acceptors (Lipinski definition) is 2. The summed E-state index contributed by atoms with van der Waals surface area (Å²) in [6, 6.07) is 61.5. The van der Waals surface area contributed by atoms with Crippen LogP contribution in [0.15, 0.2) is 164 Å². The smallest absolute Gasteiger partial charge is 0.260 e. The first-order valence-electron chi connectivity index (χ1n) is 24.8. The third kappa shape index (κ3) is 7.85. The molecule has 9 aromatic carbocycles. The summed E-state index contributed by atoms with van der Waals surface area (Å²) in [5.74, 6) is 3.49. The number of fused-ring (bicyclic) bond motifs is 6. The number of rotatable bonds is 4. The van der Waals surface area contributed by atoms with Crippen LogP contribution in [0.2, 0.25) is 0 Å². The third-order valence-electron chi connectivity index (χ3n) is 14.8. The van der Waals surface area contributed by atoms with Crippen molar-refractivity contribution in [3.63, 3.8) is 0 Å². The van der Waals surface area contributed by atoms with Gasteiger partial charge in [-0.05, 0) is 163 Å². The standard InChI is InChI=1S/C66H63BO2/c1-63(2,3)46-26-28-56-54(38-46)67-55-39-47(64(4,5)6)27-29-57(55)69-59-36-44(35-58(68-56)62(59)67)42-30-41(43-33-48(65(7,8)9)37-49(34-43)66(10,11)12)31-45(32-42)61-52-24-18-16-22-50(52)60(40-20-14-13-15-21-40)51-23-17-19-25-53(51)61/h13-39H,1-12H3. The van der Waals surface area contributed by atoms with E-state index in [2.05, 4.69) is 247 Å². The maximum atomic E-state index is 7.09. The molecule has 0 fully saturated rings. The molecular formula is C66H63BO2. The van der Waals surface area contributed by atoms with Crippen LogP contribution in [0.5, 0.6) is 23.0 Å². The normalized spacial score (nSPS) is 13.4. The minimum absolute atomic E-state index is 0.0233. The monoisotopic (exact) mass is 898 g/mol. The molecule has 0 saturated carbocycles. The molecule has 2 nitrogen and oxygen atoms in total. The predicted molar refractivity (Wildman–Crippen MR) is 296 cm³/mol. The summed E-state index contributed by atoms with van der Waals surface area (Å²) >= 11 is 0. The molecule has 0 amide bonds. The van der Waals surface area contributed by atoms with E-state index in [0.717, 1.165) is 39.6 Å². The Labute approximate surface area is 410 Å². The summed E-state index contributed by atoms with van der Waals surface area (Å²) in [7, 11) is 0. The highest BCUT2D eigenvalue weighted by Crippen LogP contribution is 2.47. The van der Waals surface area contributed by atoms with E-state index in [-0.39, 0.29) is 28.4 Å². The molecular weight excluding hydrogens is 836 g/mol. The summed E-state index contributed by atoms with van der Waals surface area (Å²) in [6.45, 7) is 27.6. The Hall–Kier alpha value is -6.84. The SMILES string of the molecule is CC(C)(C)c1cc(-c2cc(-c3cc4c5c(c3)Oc3ccc(C(C)(C)C)cc3B5c3cc(C(C)(C)C)ccc3O4)cc(-c3c4ccccc4c(-c4ccccc4)c4ccccc34)c2)cc(C(C)(C)C)c1. The van der Waals surface area contributed by atoms with Gasteiger partial charge in [-0.25, -0.2) is 0 Å². The molecule has 2 aliphatic heterocycles. The van der Waals surface area contributed by atoms with Crippen molar-refractivity contribution in [2.75, 3.05) is 0 Å². The molecule has 0 radical (unpaired) electrons. The van der Waals surface area contributed by atoms with Gasteiger partial charge in [0.15, 0.2) is 0 Å². The minimum atomic E-state index is -0.0453. The number of ether oxygens (including phenoxy) is 2. The second-order valence-corrected chi connectivity index (χ2v) is 23.8. The van der Waals surface area contributed by atoms with Crippen molar-refractivity contribution in [1.82, 2.24) is 0 Å². The molecule has 0 spiro atoms. The highest BCUT2D eigenvalue weighted by molar-refractivity contribution is 6.98. The van der Waals surface area contributed by atoms with E-state index in [1.807, 2.05) is 0 Å². The van der Waals surface area contributed by atoms with Crippen molar-refractivity contribution in [3.8, 4) is 67.5 Å². The first-order valence-corrected chi connectivity index (χ1v) is 24.8. The summed E-state index contributed by atoms with van der Waals surface area (Å²) in [5, 5.41) is 4.93. The van der Waals surface area contributed by atoms with Crippen molar-refractivity contribution < 1.29 is 9.47 Å². The van der Waals surface area contributed by atoms with E-state index in [9.17, 15) is 0 Å². The average Bonchev–Trinajstić information content (AvgIpc) is 3.31. The van der Waals surface area contributed by atoms with Gasteiger partial charge in [0.25, 0.3) is 6.71 Å². The van der Waals surface area contributed by atoms with Crippen molar-refractivity contribution in [3.05, 3.63) is 186 Å². The van der Waals surface area contributed by atoms with Crippen LogP contribution in [-0.2, 0) is 21.7 Å². The Bertz CT molecular complexity index is 3350. The van der Waals surface area contributed by atoms with Gasteiger partial charge in [0.05, 0.1) is 0 Å². The molecule has 0 saturated heterocycles. The van der Waals surface area contributed by atoms with Crippen molar-refractivity contribution >= 4 is 44.6 Å². The van der Waals surface area contributed by atoms with Crippen LogP contribution in [0, 0.1) is 0 Å². The van der Waals surface area contributed by atoms with Crippen LogP contribution in [0.1, 0.15) is 105 Å². The zero-order valence-electron chi connectivity index (χ0n) is 42.5. The third-order valence-corrected chi connectivity index (χ3v) is 14.8. The highest BCUT2D eigenvalue weighted by Gasteiger charge is 2.42. The fourth-order valence-electron chi connectivity index (χ4n) is 10.7. The first kappa shape index (κ1) is 44.7. The number of hydrogen-bond donors (Lipinski definition) is 0. The van der Waals surface area contributed by atoms with Crippen molar-refractivity contribution in [1.29, 1.82) is 0 Å². The van der Waals surface area contributed by atoms with Gasteiger partial charge in [-0.3, -0.25) is 0 Å². The van der Waals surface area contributed by atoms with Gasteiger partial charge in [-0.2, -0.15) is 0 Å². The van der Waals surface area contributed by atoms with Crippen LogP contribution in [0.25, 0.3) is 66.1 Å². The second kappa shape index (κ2) is 15.9. The molecule has 11 rings (SSSR count). The molecule has 342 valence electrons. The molecule has 3 heteroatoms. The van der Waals surface area contributed by atoms with Gasteiger partial charge in [0.2, 0.25) is 0 Å². The van der Waals surface area contributed by atoms with Gasteiger partial charge in [-0.1, -0.05) is 204 Å². The summed E-state index contributed by atoms with van der Waals surface area (Å²) in [5.41, 5.74) is 18.0. The van der Waals surface area contributed by atoms with Crippen LogP contribution in [-0.4, -0.2) is 6.71 Å². The van der Waals surface area contributed by atoms with E-state index in [1.165, 1.54) is 88.1 Å². The Kier molecular flexibility index (Phi) is 10.3. The molecule has 0 N–H and O–H groups in total. The topological polar surface area (TPSA) is 18.5 Å². The van der Waals surface area contributed by atoms with Crippen LogP contribution in [0.3, 0.4) is 0 Å². The maximum Gasteiger partial charge on any atom is 0.260 e. The minimum Gasteiger partial charge on any atom is -0.458 e. The van der Waals surface area contributed by atoms with E-state index < -0.39 is 0 Å².